The Hall–Kier alpha value is -0.540. The first kappa shape index (κ1) is 16.8. The first-order valence-corrected chi connectivity index (χ1v) is 8.68. The highest BCUT2D eigenvalue weighted by Crippen LogP contribution is 2.36. The molecule has 1 heterocycles. The van der Waals surface area contributed by atoms with E-state index in [0.717, 1.165) is 12.1 Å². The highest BCUT2D eigenvalue weighted by atomic mass is 35.5. The Bertz CT molecular complexity index is 593. The summed E-state index contributed by atoms with van der Waals surface area (Å²) in [5.74, 6) is 0. The topological polar surface area (TPSA) is 12.0 Å². The normalized spacial score (nSPS) is 13.4. The van der Waals surface area contributed by atoms with Gasteiger partial charge in [0.1, 0.15) is 0 Å². The maximum Gasteiger partial charge on any atom is 0.0672 e. The summed E-state index contributed by atoms with van der Waals surface area (Å²) in [5, 5.41) is 4.88. The van der Waals surface area contributed by atoms with E-state index in [1.807, 2.05) is 23.5 Å². The summed E-state index contributed by atoms with van der Waals surface area (Å²) >= 11 is 14.1. The van der Waals surface area contributed by atoms with Gasteiger partial charge in [-0.2, -0.15) is 0 Å². The molecule has 1 aromatic carbocycles. The lowest BCUT2D eigenvalue weighted by Gasteiger charge is -2.19. The molecule has 2 rings (SSSR count). The number of thiophene rings is 1. The Kier molecular flexibility index (Phi) is 5.37. The zero-order chi connectivity index (χ0) is 15.6. The van der Waals surface area contributed by atoms with Crippen LogP contribution in [0.2, 0.25) is 10.0 Å². The van der Waals surface area contributed by atoms with E-state index in [2.05, 4.69) is 45.1 Å². The quantitative estimate of drug-likeness (QED) is 0.713. The van der Waals surface area contributed by atoms with Crippen LogP contribution in [-0.4, -0.2) is 6.54 Å². The van der Waals surface area contributed by atoms with E-state index >= 15 is 0 Å². The lowest BCUT2D eigenvalue weighted by molar-refractivity contribution is 0.604. The van der Waals surface area contributed by atoms with Crippen molar-refractivity contribution in [3.63, 3.8) is 0 Å². The average Bonchev–Trinajstić information content (AvgIpc) is 2.83. The van der Waals surface area contributed by atoms with E-state index < -0.39 is 0 Å². The maximum absolute atomic E-state index is 6.15. The van der Waals surface area contributed by atoms with Crippen LogP contribution < -0.4 is 5.32 Å². The van der Waals surface area contributed by atoms with Crippen molar-refractivity contribution >= 4 is 34.5 Å². The van der Waals surface area contributed by atoms with Crippen molar-refractivity contribution in [1.82, 2.24) is 5.32 Å². The number of rotatable bonds is 4. The molecule has 0 saturated heterocycles. The van der Waals surface area contributed by atoms with E-state index in [0.29, 0.717) is 10.0 Å². The maximum atomic E-state index is 6.15. The fourth-order valence-electron chi connectivity index (χ4n) is 2.24. The van der Waals surface area contributed by atoms with Gasteiger partial charge >= 0.3 is 0 Å². The third-order valence-electron chi connectivity index (χ3n) is 3.28. The Morgan fingerprint density at radius 3 is 2.19 bits per heavy atom. The summed E-state index contributed by atoms with van der Waals surface area (Å²) in [6, 6.07) is 10.3. The molecular formula is C17H21Cl2NS. The molecule has 1 nitrogen and oxygen atoms in total. The molecule has 1 unspecified atom stereocenters. The van der Waals surface area contributed by atoms with Crippen LogP contribution >= 0.6 is 34.5 Å². The molecule has 0 aliphatic carbocycles. The summed E-state index contributed by atoms with van der Waals surface area (Å²) in [6.45, 7) is 9.71. The molecule has 4 heteroatoms. The fourth-order valence-corrected chi connectivity index (χ4v) is 3.95. The van der Waals surface area contributed by atoms with Gasteiger partial charge in [-0.3, -0.25) is 0 Å². The van der Waals surface area contributed by atoms with Crippen LogP contribution in [-0.2, 0) is 5.41 Å². The molecule has 0 spiro atoms. The summed E-state index contributed by atoms with van der Waals surface area (Å²) in [4.78, 5) is 2.67. The number of halogens is 2. The molecule has 1 aromatic heterocycles. The standard InChI is InChI=1S/C17H21Cl2NS/c1-5-20-16(11-8-12(18)10-13(19)9-11)14-6-7-15(21-14)17(2,3)4/h6-10,16,20H,5H2,1-4H3. The zero-order valence-electron chi connectivity index (χ0n) is 12.8. The molecular weight excluding hydrogens is 321 g/mol. The molecule has 114 valence electrons. The van der Waals surface area contributed by atoms with Crippen LogP contribution in [0.1, 0.15) is 49.1 Å². The Balaban J connectivity index is 2.41. The van der Waals surface area contributed by atoms with Gasteiger partial charge in [0.05, 0.1) is 6.04 Å². The number of hydrogen-bond acceptors (Lipinski definition) is 2. The second-order valence-corrected chi connectivity index (χ2v) is 8.13. The highest BCUT2D eigenvalue weighted by Gasteiger charge is 2.21. The predicted octanol–water partition coefficient (Wildman–Crippen LogP) is 6.05. The number of benzene rings is 1. The first-order valence-electron chi connectivity index (χ1n) is 7.11. The van der Waals surface area contributed by atoms with Crippen molar-refractivity contribution in [2.75, 3.05) is 6.54 Å². The van der Waals surface area contributed by atoms with Crippen molar-refractivity contribution in [3.05, 3.63) is 55.7 Å². The van der Waals surface area contributed by atoms with Gasteiger partial charge in [0.25, 0.3) is 0 Å². The Labute approximate surface area is 141 Å². The van der Waals surface area contributed by atoms with E-state index in [1.165, 1.54) is 9.75 Å². The summed E-state index contributed by atoms with van der Waals surface area (Å²) in [5.41, 5.74) is 1.28. The molecule has 0 radical (unpaired) electrons. The van der Waals surface area contributed by atoms with Crippen LogP contribution in [0.3, 0.4) is 0 Å². The van der Waals surface area contributed by atoms with E-state index in [1.54, 1.807) is 6.07 Å². The molecule has 21 heavy (non-hydrogen) atoms. The monoisotopic (exact) mass is 341 g/mol. The van der Waals surface area contributed by atoms with E-state index in [-0.39, 0.29) is 11.5 Å². The predicted molar refractivity (Wildman–Crippen MR) is 95.0 cm³/mol. The Morgan fingerprint density at radius 1 is 1.10 bits per heavy atom. The van der Waals surface area contributed by atoms with Gasteiger partial charge in [-0.1, -0.05) is 50.9 Å². The molecule has 0 aliphatic rings. The molecule has 1 atom stereocenters. The van der Waals surface area contributed by atoms with Gasteiger partial charge in [0.15, 0.2) is 0 Å². The number of hydrogen-bond donors (Lipinski definition) is 1. The largest absolute Gasteiger partial charge is 0.306 e. The van der Waals surface area contributed by atoms with Crippen LogP contribution in [0, 0.1) is 0 Å². The van der Waals surface area contributed by atoms with Gasteiger partial charge in [-0.15, -0.1) is 11.3 Å². The van der Waals surface area contributed by atoms with Crippen molar-refractivity contribution in [2.45, 2.75) is 39.2 Å². The molecule has 0 saturated carbocycles. The molecule has 0 fully saturated rings. The molecule has 0 aliphatic heterocycles. The van der Waals surface area contributed by atoms with Crippen molar-refractivity contribution in [2.24, 2.45) is 0 Å². The molecule has 1 N–H and O–H groups in total. The summed E-state index contributed by atoms with van der Waals surface area (Å²) in [6.07, 6.45) is 0. The van der Waals surface area contributed by atoms with Crippen LogP contribution in [0.4, 0.5) is 0 Å². The second-order valence-electron chi connectivity index (χ2n) is 6.15. The minimum Gasteiger partial charge on any atom is -0.306 e. The molecule has 2 aromatic rings. The van der Waals surface area contributed by atoms with Gasteiger partial charge < -0.3 is 5.32 Å². The first-order chi connectivity index (χ1) is 9.81. The molecule has 0 bridgehead atoms. The van der Waals surface area contributed by atoms with Crippen molar-refractivity contribution in [3.8, 4) is 0 Å². The van der Waals surface area contributed by atoms with Gasteiger partial charge in [0, 0.05) is 19.8 Å². The minimum atomic E-state index is 0.132. The minimum absolute atomic E-state index is 0.132. The number of nitrogens with one attached hydrogen (secondary N) is 1. The van der Waals surface area contributed by atoms with Crippen LogP contribution in [0.15, 0.2) is 30.3 Å². The smallest absolute Gasteiger partial charge is 0.0672 e. The lowest BCUT2D eigenvalue weighted by atomic mass is 9.95. The van der Waals surface area contributed by atoms with Gasteiger partial charge in [-0.25, -0.2) is 0 Å². The van der Waals surface area contributed by atoms with E-state index in [9.17, 15) is 0 Å². The van der Waals surface area contributed by atoms with E-state index in [4.69, 9.17) is 23.2 Å². The second kappa shape index (κ2) is 6.70. The third kappa shape index (κ3) is 4.23. The summed E-state index contributed by atoms with van der Waals surface area (Å²) < 4.78 is 0. The SMILES string of the molecule is CCNC(c1cc(Cl)cc(Cl)c1)c1ccc(C(C)(C)C)s1. The Morgan fingerprint density at radius 2 is 1.71 bits per heavy atom. The lowest BCUT2D eigenvalue weighted by Crippen LogP contribution is -2.21. The van der Waals surface area contributed by atoms with Crippen molar-refractivity contribution in [1.29, 1.82) is 0 Å². The van der Waals surface area contributed by atoms with Gasteiger partial charge in [-0.05, 0) is 47.9 Å². The van der Waals surface area contributed by atoms with Gasteiger partial charge in [0.2, 0.25) is 0 Å². The summed E-state index contributed by atoms with van der Waals surface area (Å²) in [7, 11) is 0. The average molecular weight is 342 g/mol. The zero-order valence-corrected chi connectivity index (χ0v) is 15.2. The van der Waals surface area contributed by atoms with Crippen LogP contribution in [0.5, 0.6) is 0 Å². The van der Waals surface area contributed by atoms with Crippen molar-refractivity contribution < 1.29 is 0 Å². The highest BCUT2D eigenvalue weighted by molar-refractivity contribution is 7.12. The molecule has 0 amide bonds. The van der Waals surface area contributed by atoms with Crippen LogP contribution in [0.25, 0.3) is 0 Å². The third-order valence-corrected chi connectivity index (χ3v) is 5.29. The fraction of sp³-hybridized carbons (Fsp3) is 0.412.